The monoisotopic (exact) mass is 201 g/mol. The van der Waals surface area contributed by atoms with E-state index in [0.29, 0.717) is 31.2 Å². The number of alkyl halides is 1. The third-order valence-corrected chi connectivity index (χ3v) is 3.36. The fourth-order valence-electron chi connectivity index (χ4n) is 2.55. The summed E-state index contributed by atoms with van der Waals surface area (Å²) in [6, 6.07) is 0.460. The van der Waals surface area contributed by atoms with Crippen molar-refractivity contribution < 1.29 is 9.13 Å². The number of hydrogen-bond donors (Lipinski definition) is 0. The van der Waals surface area contributed by atoms with Crippen LogP contribution in [-0.4, -0.2) is 42.9 Å². The number of ether oxygens (including phenoxy) is 1. The molecule has 0 amide bonds. The van der Waals surface area contributed by atoms with Gasteiger partial charge in [0.05, 0.1) is 12.7 Å². The second kappa shape index (κ2) is 4.15. The lowest BCUT2D eigenvalue weighted by Gasteiger charge is -2.40. The van der Waals surface area contributed by atoms with E-state index in [0.717, 1.165) is 19.4 Å². The first-order valence-corrected chi connectivity index (χ1v) is 5.65. The van der Waals surface area contributed by atoms with Crippen LogP contribution in [0.4, 0.5) is 4.39 Å². The predicted octanol–water partition coefficient (Wildman–Crippen LogP) is 1.84. The molecule has 3 heteroatoms. The van der Waals surface area contributed by atoms with Gasteiger partial charge in [0.2, 0.25) is 0 Å². The van der Waals surface area contributed by atoms with E-state index in [-0.39, 0.29) is 0 Å². The topological polar surface area (TPSA) is 12.5 Å². The fraction of sp³-hybridized carbons (Fsp3) is 1.00. The summed E-state index contributed by atoms with van der Waals surface area (Å²) in [6.07, 6.45) is 2.09. The first-order valence-electron chi connectivity index (χ1n) is 5.65. The Balaban J connectivity index is 1.86. The van der Waals surface area contributed by atoms with Crippen LogP contribution in [-0.2, 0) is 4.74 Å². The van der Waals surface area contributed by atoms with E-state index in [4.69, 9.17) is 4.74 Å². The van der Waals surface area contributed by atoms with Crippen LogP contribution in [0.1, 0.15) is 26.7 Å². The summed E-state index contributed by atoms with van der Waals surface area (Å²) in [7, 11) is 0. The van der Waals surface area contributed by atoms with Crippen molar-refractivity contribution in [2.24, 2.45) is 5.92 Å². The molecule has 2 aliphatic heterocycles. The number of halogens is 1. The van der Waals surface area contributed by atoms with Gasteiger partial charge < -0.3 is 4.74 Å². The largest absolute Gasteiger partial charge is 0.377 e. The van der Waals surface area contributed by atoms with Gasteiger partial charge in [0.25, 0.3) is 0 Å². The summed E-state index contributed by atoms with van der Waals surface area (Å²) < 4.78 is 18.4. The van der Waals surface area contributed by atoms with Crippen molar-refractivity contribution in [1.82, 2.24) is 4.90 Å². The molecule has 0 spiro atoms. The molecule has 0 aliphatic carbocycles. The van der Waals surface area contributed by atoms with Crippen molar-refractivity contribution in [2.75, 3.05) is 19.7 Å². The van der Waals surface area contributed by atoms with Crippen molar-refractivity contribution >= 4 is 0 Å². The molecule has 2 heterocycles. The Morgan fingerprint density at radius 1 is 1.21 bits per heavy atom. The second-order valence-corrected chi connectivity index (χ2v) is 4.93. The Morgan fingerprint density at radius 2 is 1.93 bits per heavy atom. The zero-order valence-corrected chi connectivity index (χ0v) is 9.08. The molecular weight excluding hydrogens is 181 g/mol. The highest BCUT2D eigenvalue weighted by Gasteiger charge is 2.34. The summed E-state index contributed by atoms with van der Waals surface area (Å²) >= 11 is 0. The van der Waals surface area contributed by atoms with Crippen molar-refractivity contribution in [3.05, 3.63) is 0 Å². The first kappa shape index (κ1) is 10.4. The van der Waals surface area contributed by atoms with Crippen LogP contribution >= 0.6 is 0 Å². The van der Waals surface area contributed by atoms with E-state index in [9.17, 15) is 4.39 Å². The maximum atomic E-state index is 12.7. The second-order valence-electron chi connectivity index (χ2n) is 4.93. The van der Waals surface area contributed by atoms with E-state index in [1.54, 1.807) is 0 Å². The van der Waals surface area contributed by atoms with Crippen LogP contribution in [0, 0.1) is 5.92 Å². The maximum absolute atomic E-state index is 12.7. The van der Waals surface area contributed by atoms with Gasteiger partial charge >= 0.3 is 0 Å². The van der Waals surface area contributed by atoms with E-state index in [1.807, 2.05) is 0 Å². The average molecular weight is 201 g/mol. The van der Waals surface area contributed by atoms with Crippen molar-refractivity contribution in [3.8, 4) is 0 Å². The summed E-state index contributed by atoms with van der Waals surface area (Å²) in [4.78, 5) is 2.22. The molecule has 0 aromatic rings. The molecule has 3 unspecified atom stereocenters. The summed E-state index contributed by atoms with van der Waals surface area (Å²) in [5, 5.41) is 0. The van der Waals surface area contributed by atoms with Crippen LogP contribution in [0.3, 0.4) is 0 Å². The SMILES string of the molecule is CC1CC(C)OCC(N2CC(F)C2)C1. The summed E-state index contributed by atoms with van der Waals surface area (Å²) in [5.74, 6) is 0.705. The molecule has 2 fully saturated rings. The highest BCUT2D eigenvalue weighted by Crippen LogP contribution is 2.26. The van der Waals surface area contributed by atoms with E-state index >= 15 is 0 Å². The first-order chi connectivity index (χ1) is 6.65. The highest BCUT2D eigenvalue weighted by atomic mass is 19.1. The molecule has 0 bridgehead atoms. The van der Waals surface area contributed by atoms with Crippen molar-refractivity contribution in [2.45, 2.75) is 45.0 Å². The van der Waals surface area contributed by atoms with Crippen LogP contribution in [0.5, 0.6) is 0 Å². The number of hydrogen-bond acceptors (Lipinski definition) is 2. The van der Waals surface area contributed by atoms with Gasteiger partial charge in [0.15, 0.2) is 0 Å². The molecule has 2 aliphatic rings. The molecule has 2 saturated heterocycles. The Kier molecular flexibility index (Phi) is 3.07. The van der Waals surface area contributed by atoms with Crippen molar-refractivity contribution in [3.63, 3.8) is 0 Å². The van der Waals surface area contributed by atoms with E-state index in [2.05, 4.69) is 18.7 Å². The van der Waals surface area contributed by atoms with Gasteiger partial charge in [0, 0.05) is 19.1 Å². The number of likely N-dealkylation sites (tertiary alicyclic amines) is 1. The van der Waals surface area contributed by atoms with Crippen LogP contribution < -0.4 is 0 Å². The number of rotatable bonds is 1. The van der Waals surface area contributed by atoms with Gasteiger partial charge in [-0.05, 0) is 25.7 Å². The van der Waals surface area contributed by atoms with Gasteiger partial charge in [-0.1, -0.05) is 6.92 Å². The molecule has 0 saturated carbocycles. The molecule has 2 nitrogen and oxygen atoms in total. The van der Waals surface area contributed by atoms with E-state index < -0.39 is 6.17 Å². The average Bonchev–Trinajstić information content (AvgIpc) is 2.21. The van der Waals surface area contributed by atoms with E-state index in [1.165, 1.54) is 0 Å². The number of nitrogens with zero attached hydrogens (tertiary/aromatic N) is 1. The normalized spacial score (nSPS) is 41.8. The minimum absolute atomic E-state index is 0.373. The lowest BCUT2D eigenvalue weighted by Crippen LogP contribution is -2.55. The van der Waals surface area contributed by atoms with Gasteiger partial charge in [0.1, 0.15) is 6.17 Å². The Morgan fingerprint density at radius 3 is 2.57 bits per heavy atom. The van der Waals surface area contributed by atoms with Gasteiger partial charge in [-0.15, -0.1) is 0 Å². The third-order valence-electron chi connectivity index (χ3n) is 3.36. The Hall–Kier alpha value is -0.150. The maximum Gasteiger partial charge on any atom is 0.125 e. The van der Waals surface area contributed by atoms with Crippen molar-refractivity contribution in [1.29, 1.82) is 0 Å². The minimum atomic E-state index is -0.592. The Bertz CT molecular complexity index is 194. The molecule has 0 aromatic heterocycles. The summed E-state index contributed by atoms with van der Waals surface area (Å²) in [6.45, 7) is 6.43. The zero-order valence-electron chi connectivity index (χ0n) is 9.08. The quantitative estimate of drug-likeness (QED) is 0.642. The summed E-state index contributed by atoms with van der Waals surface area (Å²) in [5.41, 5.74) is 0. The van der Waals surface area contributed by atoms with Crippen LogP contribution in [0.2, 0.25) is 0 Å². The Labute approximate surface area is 85.4 Å². The molecule has 3 atom stereocenters. The van der Waals surface area contributed by atoms with Gasteiger partial charge in [-0.3, -0.25) is 4.90 Å². The molecule has 82 valence electrons. The smallest absolute Gasteiger partial charge is 0.125 e. The lowest BCUT2D eigenvalue weighted by atomic mass is 9.95. The molecule has 0 radical (unpaired) electrons. The minimum Gasteiger partial charge on any atom is -0.377 e. The van der Waals surface area contributed by atoms with Gasteiger partial charge in [-0.25, -0.2) is 4.39 Å². The predicted molar refractivity (Wildman–Crippen MR) is 54.1 cm³/mol. The molecule has 0 aromatic carbocycles. The molecular formula is C11H20FNO. The third kappa shape index (κ3) is 2.26. The molecule has 2 rings (SSSR count). The molecule has 14 heavy (non-hydrogen) atoms. The zero-order chi connectivity index (χ0) is 10.1. The fourth-order valence-corrected chi connectivity index (χ4v) is 2.55. The standard InChI is InChI=1S/C11H20FNO/c1-8-3-9(2)14-7-11(4-8)13-5-10(12)6-13/h8-11H,3-7H2,1-2H3. The highest BCUT2D eigenvalue weighted by molar-refractivity contribution is 4.87. The lowest BCUT2D eigenvalue weighted by molar-refractivity contribution is -0.0222. The van der Waals surface area contributed by atoms with Crippen LogP contribution in [0.25, 0.3) is 0 Å². The van der Waals surface area contributed by atoms with Crippen LogP contribution in [0.15, 0.2) is 0 Å². The molecule has 0 N–H and O–H groups in total. The van der Waals surface area contributed by atoms with Gasteiger partial charge in [-0.2, -0.15) is 0 Å².